The number of likely N-dealkylation sites (N-methyl/N-ethyl adjacent to an activating group) is 1. The summed E-state index contributed by atoms with van der Waals surface area (Å²) in [5.41, 5.74) is 0. The summed E-state index contributed by atoms with van der Waals surface area (Å²) >= 11 is 0. The largest absolute Gasteiger partial charge is 0.384 e. The number of likely N-dealkylation sites (tertiary alicyclic amines) is 1. The van der Waals surface area contributed by atoms with Crippen molar-refractivity contribution in [3.05, 3.63) is 0 Å². The van der Waals surface area contributed by atoms with Crippen molar-refractivity contribution in [1.82, 2.24) is 0 Å². The molecule has 0 amide bonds. The first-order chi connectivity index (χ1) is 5.13. The second-order valence-corrected chi connectivity index (χ2v) is 3.47. The first kappa shape index (κ1) is 8.97. The topological polar surface area (TPSA) is 40.5 Å². The summed E-state index contributed by atoms with van der Waals surface area (Å²) in [7, 11) is 0. The third-order valence-corrected chi connectivity index (χ3v) is 2.93. The van der Waals surface area contributed by atoms with Crippen LogP contribution in [0.4, 0.5) is 0 Å². The van der Waals surface area contributed by atoms with Gasteiger partial charge in [0.15, 0.2) is 0 Å². The second-order valence-electron chi connectivity index (χ2n) is 3.47. The van der Waals surface area contributed by atoms with Gasteiger partial charge in [0.25, 0.3) is 0 Å². The standard InChI is InChI=1S/C8H18NO2/c1-3-9(4-2)5-7(10)8(11)6-9/h7-8,10-11H,3-6H2,1-2H3/q+1. The maximum atomic E-state index is 9.33. The lowest BCUT2D eigenvalue weighted by molar-refractivity contribution is -0.915. The summed E-state index contributed by atoms with van der Waals surface area (Å²) in [5, 5.41) is 18.7. The molecule has 3 nitrogen and oxygen atoms in total. The summed E-state index contributed by atoms with van der Waals surface area (Å²) in [6, 6.07) is 0. The lowest BCUT2D eigenvalue weighted by Gasteiger charge is -2.31. The van der Waals surface area contributed by atoms with Crippen molar-refractivity contribution >= 4 is 0 Å². The quantitative estimate of drug-likeness (QED) is 0.539. The number of aliphatic hydroxyl groups is 2. The Morgan fingerprint density at radius 2 is 1.45 bits per heavy atom. The fourth-order valence-corrected chi connectivity index (χ4v) is 1.85. The van der Waals surface area contributed by atoms with E-state index in [-0.39, 0.29) is 0 Å². The van der Waals surface area contributed by atoms with Crippen LogP contribution >= 0.6 is 0 Å². The molecule has 0 aromatic rings. The summed E-state index contributed by atoms with van der Waals surface area (Å²) < 4.78 is 0.863. The molecule has 0 spiro atoms. The van der Waals surface area contributed by atoms with Gasteiger partial charge < -0.3 is 14.7 Å². The van der Waals surface area contributed by atoms with Gasteiger partial charge in [0.05, 0.1) is 13.1 Å². The Morgan fingerprint density at radius 3 is 1.64 bits per heavy atom. The number of quaternary nitrogens is 1. The number of hydrogen-bond donors (Lipinski definition) is 2. The molecule has 0 aliphatic carbocycles. The van der Waals surface area contributed by atoms with Crippen LogP contribution in [-0.2, 0) is 0 Å². The highest BCUT2D eigenvalue weighted by Crippen LogP contribution is 2.19. The summed E-state index contributed by atoms with van der Waals surface area (Å²) in [4.78, 5) is 0. The van der Waals surface area contributed by atoms with E-state index < -0.39 is 12.2 Å². The molecule has 2 unspecified atom stereocenters. The van der Waals surface area contributed by atoms with Crippen LogP contribution in [0.15, 0.2) is 0 Å². The molecule has 1 heterocycles. The maximum absolute atomic E-state index is 9.33. The minimum atomic E-state index is -0.505. The zero-order chi connectivity index (χ0) is 8.48. The molecular weight excluding hydrogens is 142 g/mol. The van der Waals surface area contributed by atoms with E-state index in [9.17, 15) is 10.2 Å². The van der Waals surface area contributed by atoms with Gasteiger partial charge in [-0.15, -0.1) is 0 Å². The molecule has 0 saturated carbocycles. The lowest BCUT2D eigenvalue weighted by Crippen LogP contribution is -2.46. The summed E-state index contributed by atoms with van der Waals surface area (Å²) in [6.07, 6.45) is -1.01. The monoisotopic (exact) mass is 160 g/mol. The van der Waals surface area contributed by atoms with E-state index in [1.54, 1.807) is 0 Å². The van der Waals surface area contributed by atoms with Crippen molar-refractivity contribution < 1.29 is 14.7 Å². The van der Waals surface area contributed by atoms with Gasteiger partial charge in [-0.1, -0.05) is 0 Å². The van der Waals surface area contributed by atoms with Gasteiger partial charge in [-0.25, -0.2) is 0 Å². The molecule has 11 heavy (non-hydrogen) atoms. The Hall–Kier alpha value is -0.120. The molecule has 0 bridgehead atoms. The van der Waals surface area contributed by atoms with Gasteiger partial charge in [0.1, 0.15) is 25.3 Å². The molecule has 0 aromatic heterocycles. The molecule has 1 aliphatic heterocycles. The SMILES string of the molecule is CC[N+]1(CC)CC(O)C(O)C1. The van der Waals surface area contributed by atoms with Crippen molar-refractivity contribution in [3.63, 3.8) is 0 Å². The minimum Gasteiger partial charge on any atom is -0.384 e. The van der Waals surface area contributed by atoms with Gasteiger partial charge in [-0.05, 0) is 13.8 Å². The Labute approximate surface area is 67.8 Å². The van der Waals surface area contributed by atoms with E-state index in [1.165, 1.54) is 0 Å². The molecule has 1 rings (SSSR count). The predicted molar refractivity (Wildman–Crippen MR) is 43.1 cm³/mol. The number of hydrogen-bond acceptors (Lipinski definition) is 2. The van der Waals surface area contributed by atoms with Gasteiger partial charge >= 0.3 is 0 Å². The van der Waals surface area contributed by atoms with Crippen LogP contribution in [0.5, 0.6) is 0 Å². The van der Waals surface area contributed by atoms with Crippen molar-refractivity contribution in [2.45, 2.75) is 26.1 Å². The Balaban J connectivity index is 2.61. The highest BCUT2D eigenvalue weighted by Gasteiger charge is 2.41. The van der Waals surface area contributed by atoms with Crippen LogP contribution in [0.3, 0.4) is 0 Å². The normalized spacial score (nSPS) is 36.0. The van der Waals surface area contributed by atoms with Gasteiger partial charge in [0.2, 0.25) is 0 Å². The molecule has 2 N–H and O–H groups in total. The number of rotatable bonds is 2. The molecular formula is C8H18NO2+. The zero-order valence-electron chi connectivity index (χ0n) is 7.32. The molecule has 1 aliphatic rings. The first-order valence-electron chi connectivity index (χ1n) is 4.35. The fourth-order valence-electron chi connectivity index (χ4n) is 1.85. The van der Waals surface area contributed by atoms with E-state index in [2.05, 4.69) is 13.8 Å². The van der Waals surface area contributed by atoms with Crippen LogP contribution in [-0.4, -0.2) is 53.1 Å². The van der Waals surface area contributed by atoms with Crippen molar-refractivity contribution in [2.75, 3.05) is 26.2 Å². The average molecular weight is 160 g/mol. The van der Waals surface area contributed by atoms with Crippen LogP contribution in [0.2, 0.25) is 0 Å². The van der Waals surface area contributed by atoms with E-state index >= 15 is 0 Å². The Morgan fingerprint density at radius 1 is 1.09 bits per heavy atom. The Kier molecular flexibility index (Phi) is 2.52. The predicted octanol–water partition coefficient (Wildman–Crippen LogP) is -0.422. The van der Waals surface area contributed by atoms with E-state index in [0.717, 1.165) is 17.6 Å². The summed E-state index contributed by atoms with van der Waals surface area (Å²) in [6.45, 7) is 7.65. The van der Waals surface area contributed by atoms with E-state index in [4.69, 9.17) is 0 Å². The average Bonchev–Trinajstić information content (AvgIpc) is 2.29. The van der Waals surface area contributed by atoms with E-state index in [0.29, 0.717) is 13.1 Å². The second kappa shape index (κ2) is 3.09. The van der Waals surface area contributed by atoms with Gasteiger partial charge in [-0.2, -0.15) is 0 Å². The van der Waals surface area contributed by atoms with Crippen molar-refractivity contribution in [1.29, 1.82) is 0 Å². The minimum absolute atomic E-state index is 0.505. The molecule has 0 radical (unpaired) electrons. The summed E-state index contributed by atoms with van der Waals surface area (Å²) in [5.74, 6) is 0. The van der Waals surface area contributed by atoms with Crippen LogP contribution < -0.4 is 0 Å². The van der Waals surface area contributed by atoms with Gasteiger partial charge in [0, 0.05) is 0 Å². The number of aliphatic hydroxyl groups excluding tert-OH is 2. The zero-order valence-corrected chi connectivity index (χ0v) is 7.32. The smallest absolute Gasteiger partial charge is 0.134 e. The fraction of sp³-hybridized carbons (Fsp3) is 1.00. The third-order valence-electron chi connectivity index (χ3n) is 2.93. The first-order valence-corrected chi connectivity index (χ1v) is 4.35. The van der Waals surface area contributed by atoms with Crippen LogP contribution in [0, 0.1) is 0 Å². The Bertz CT molecular complexity index is 122. The van der Waals surface area contributed by atoms with Crippen molar-refractivity contribution in [2.24, 2.45) is 0 Å². The van der Waals surface area contributed by atoms with Crippen LogP contribution in [0.25, 0.3) is 0 Å². The number of nitrogens with zero attached hydrogens (tertiary/aromatic N) is 1. The van der Waals surface area contributed by atoms with E-state index in [1.807, 2.05) is 0 Å². The highest BCUT2D eigenvalue weighted by molar-refractivity contribution is 4.74. The maximum Gasteiger partial charge on any atom is 0.134 e. The molecule has 3 heteroatoms. The molecule has 0 aromatic carbocycles. The third kappa shape index (κ3) is 1.55. The molecule has 66 valence electrons. The lowest BCUT2D eigenvalue weighted by atomic mass is 10.3. The van der Waals surface area contributed by atoms with Gasteiger partial charge in [-0.3, -0.25) is 0 Å². The molecule has 1 saturated heterocycles. The van der Waals surface area contributed by atoms with Crippen molar-refractivity contribution in [3.8, 4) is 0 Å². The molecule has 1 fully saturated rings. The highest BCUT2D eigenvalue weighted by atomic mass is 16.3. The molecule has 2 atom stereocenters. The van der Waals surface area contributed by atoms with Crippen LogP contribution in [0.1, 0.15) is 13.8 Å².